The molecule has 1 aromatic rings. The first kappa shape index (κ1) is 14.1. The Hall–Kier alpha value is -0.933. The summed E-state index contributed by atoms with van der Waals surface area (Å²) >= 11 is 0. The second-order valence-electron chi connectivity index (χ2n) is 5.87. The third-order valence-electron chi connectivity index (χ3n) is 3.58. The van der Waals surface area contributed by atoms with Crippen molar-refractivity contribution in [1.82, 2.24) is 0 Å². The molecular formula is C14H22O2Si. The fraction of sp³-hybridized carbons (Fsp3) is 0.500. The minimum absolute atomic E-state index is 0.198. The molecule has 0 spiro atoms. The summed E-state index contributed by atoms with van der Waals surface area (Å²) in [6.45, 7) is 11.6. The van der Waals surface area contributed by atoms with Gasteiger partial charge in [0.25, 0.3) is 0 Å². The number of hydrogen-bond acceptors (Lipinski definition) is 2. The summed E-state index contributed by atoms with van der Waals surface area (Å²) in [7, 11) is -1.74. The van der Waals surface area contributed by atoms with Gasteiger partial charge in [0, 0.05) is 5.56 Å². The van der Waals surface area contributed by atoms with Crippen LogP contribution in [-0.2, 0) is 11.0 Å². The first-order valence-corrected chi connectivity index (χ1v) is 8.86. The lowest BCUT2D eigenvalue weighted by atomic mass is 10.1. The maximum atomic E-state index is 10.9. The van der Waals surface area contributed by atoms with Gasteiger partial charge in [0.15, 0.2) is 8.32 Å². The molecule has 1 rings (SSSR count). The van der Waals surface area contributed by atoms with Gasteiger partial charge in [0.05, 0.1) is 6.61 Å². The fourth-order valence-corrected chi connectivity index (χ4v) is 2.20. The van der Waals surface area contributed by atoms with Gasteiger partial charge in [-0.2, -0.15) is 0 Å². The molecular weight excluding hydrogens is 228 g/mol. The Morgan fingerprint density at radius 2 is 1.82 bits per heavy atom. The summed E-state index contributed by atoms with van der Waals surface area (Å²) in [6.07, 6.45) is 0.893. The molecule has 0 aromatic heterocycles. The lowest BCUT2D eigenvalue weighted by molar-refractivity contribution is 0.112. The van der Waals surface area contributed by atoms with Crippen molar-refractivity contribution in [3.63, 3.8) is 0 Å². The largest absolute Gasteiger partial charge is 0.413 e. The zero-order valence-electron chi connectivity index (χ0n) is 11.4. The molecule has 0 radical (unpaired) electrons. The molecule has 0 atom stereocenters. The molecule has 17 heavy (non-hydrogen) atoms. The highest BCUT2D eigenvalue weighted by Gasteiger charge is 2.37. The van der Waals surface area contributed by atoms with Crippen molar-refractivity contribution in [2.45, 2.75) is 45.5 Å². The molecule has 0 fully saturated rings. The van der Waals surface area contributed by atoms with E-state index in [9.17, 15) is 4.79 Å². The summed E-state index contributed by atoms with van der Waals surface area (Å²) in [5.74, 6) is 0. The zero-order chi connectivity index (χ0) is 13.1. The van der Waals surface area contributed by atoms with E-state index in [0.29, 0.717) is 6.61 Å². The van der Waals surface area contributed by atoms with Gasteiger partial charge in [0.2, 0.25) is 0 Å². The third kappa shape index (κ3) is 3.51. The Kier molecular flexibility index (Phi) is 4.28. The van der Waals surface area contributed by atoms with Crippen LogP contribution in [-0.4, -0.2) is 14.6 Å². The normalized spacial score (nSPS) is 12.5. The van der Waals surface area contributed by atoms with Crippen LogP contribution < -0.4 is 0 Å². The Morgan fingerprint density at radius 1 is 1.24 bits per heavy atom. The molecule has 0 aliphatic rings. The number of aldehydes is 1. The summed E-state index contributed by atoms with van der Waals surface area (Å²) in [4.78, 5) is 10.9. The molecule has 94 valence electrons. The Balaban J connectivity index is 2.77. The van der Waals surface area contributed by atoms with Crippen molar-refractivity contribution in [3.8, 4) is 0 Å². The van der Waals surface area contributed by atoms with Crippen LogP contribution in [0.5, 0.6) is 0 Å². The standard InChI is InChI=1S/C14H22O2Si/c1-14(2,3)17(4,5)16-11-13-9-7-6-8-12(13)10-15/h6-10H,11H2,1-5H3. The summed E-state index contributed by atoms with van der Waals surface area (Å²) in [6, 6.07) is 7.60. The van der Waals surface area contributed by atoms with Crippen LogP contribution in [0.1, 0.15) is 36.7 Å². The highest BCUT2D eigenvalue weighted by Crippen LogP contribution is 2.37. The van der Waals surface area contributed by atoms with Crippen LogP contribution in [0.4, 0.5) is 0 Å². The Labute approximate surface area is 105 Å². The maximum absolute atomic E-state index is 10.9. The summed E-state index contributed by atoms with van der Waals surface area (Å²) in [5.41, 5.74) is 1.71. The van der Waals surface area contributed by atoms with Crippen LogP contribution in [0.2, 0.25) is 18.1 Å². The van der Waals surface area contributed by atoms with Crippen molar-refractivity contribution in [2.24, 2.45) is 0 Å². The second-order valence-corrected chi connectivity index (χ2v) is 10.7. The Bertz CT molecular complexity index is 391. The van der Waals surface area contributed by atoms with E-state index in [4.69, 9.17) is 4.43 Å². The average Bonchev–Trinajstić information content (AvgIpc) is 2.25. The van der Waals surface area contributed by atoms with Gasteiger partial charge in [0.1, 0.15) is 6.29 Å². The van der Waals surface area contributed by atoms with Crippen LogP contribution in [0, 0.1) is 0 Å². The first-order chi connectivity index (χ1) is 7.78. The van der Waals surface area contributed by atoms with Crippen LogP contribution in [0.3, 0.4) is 0 Å². The molecule has 2 nitrogen and oxygen atoms in total. The first-order valence-electron chi connectivity index (χ1n) is 5.95. The zero-order valence-corrected chi connectivity index (χ0v) is 12.4. The lowest BCUT2D eigenvalue weighted by Crippen LogP contribution is -2.40. The van der Waals surface area contributed by atoms with Crippen molar-refractivity contribution in [1.29, 1.82) is 0 Å². The second kappa shape index (κ2) is 5.15. The molecule has 0 saturated carbocycles. The highest BCUT2D eigenvalue weighted by atomic mass is 28.4. The molecule has 0 N–H and O–H groups in total. The average molecular weight is 250 g/mol. The molecule has 0 aliphatic carbocycles. The van der Waals surface area contributed by atoms with E-state index < -0.39 is 8.32 Å². The molecule has 0 amide bonds. The van der Waals surface area contributed by atoms with E-state index in [1.165, 1.54) is 0 Å². The van der Waals surface area contributed by atoms with Gasteiger partial charge < -0.3 is 4.43 Å². The van der Waals surface area contributed by atoms with Gasteiger partial charge in [-0.15, -0.1) is 0 Å². The van der Waals surface area contributed by atoms with Crippen molar-refractivity contribution >= 4 is 14.6 Å². The van der Waals surface area contributed by atoms with Crippen LogP contribution in [0.15, 0.2) is 24.3 Å². The van der Waals surface area contributed by atoms with Gasteiger partial charge in [-0.1, -0.05) is 45.0 Å². The van der Waals surface area contributed by atoms with E-state index in [2.05, 4.69) is 33.9 Å². The van der Waals surface area contributed by atoms with E-state index in [1.807, 2.05) is 24.3 Å². The van der Waals surface area contributed by atoms with E-state index in [-0.39, 0.29) is 5.04 Å². The van der Waals surface area contributed by atoms with Crippen LogP contribution >= 0.6 is 0 Å². The lowest BCUT2D eigenvalue weighted by Gasteiger charge is -2.36. The molecule has 0 saturated heterocycles. The number of carbonyl (C=O) groups excluding carboxylic acids is 1. The van der Waals surface area contributed by atoms with Crippen molar-refractivity contribution in [2.75, 3.05) is 0 Å². The number of benzene rings is 1. The van der Waals surface area contributed by atoms with Gasteiger partial charge in [-0.3, -0.25) is 4.79 Å². The van der Waals surface area contributed by atoms with Crippen molar-refractivity contribution < 1.29 is 9.22 Å². The molecule has 0 bridgehead atoms. The number of rotatable bonds is 4. The van der Waals surface area contributed by atoms with Crippen LogP contribution in [0.25, 0.3) is 0 Å². The molecule has 1 aromatic carbocycles. The third-order valence-corrected chi connectivity index (χ3v) is 8.06. The maximum Gasteiger partial charge on any atom is 0.192 e. The molecule has 0 aliphatic heterocycles. The fourth-order valence-electron chi connectivity index (χ4n) is 1.26. The van der Waals surface area contributed by atoms with Gasteiger partial charge >= 0.3 is 0 Å². The predicted molar refractivity (Wildman–Crippen MR) is 73.8 cm³/mol. The Morgan fingerprint density at radius 3 is 2.35 bits per heavy atom. The highest BCUT2D eigenvalue weighted by molar-refractivity contribution is 6.74. The molecule has 3 heteroatoms. The van der Waals surface area contributed by atoms with Gasteiger partial charge in [-0.25, -0.2) is 0 Å². The SMILES string of the molecule is CC(C)(C)[Si](C)(C)OCc1ccccc1C=O. The summed E-state index contributed by atoms with van der Waals surface area (Å²) < 4.78 is 6.10. The van der Waals surface area contributed by atoms with E-state index >= 15 is 0 Å². The quantitative estimate of drug-likeness (QED) is 0.596. The van der Waals surface area contributed by atoms with E-state index in [0.717, 1.165) is 17.4 Å². The van der Waals surface area contributed by atoms with E-state index in [1.54, 1.807) is 0 Å². The number of hydrogen-bond donors (Lipinski definition) is 0. The topological polar surface area (TPSA) is 26.3 Å². The summed E-state index contributed by atoms with van der Waals surface area (Å²) in [5, 5.41) is 0.198. The minimum atomic E-state index is -1.74. The number of carbonyl (C=O) groups is 1. The monoisotopic (exact) mass is 250 g/mol. The predicted octanol–water partition coefficient (Wildman–Crippen LogP) is 4.02. The smallest absolute Gasteiger partial charge is 0.192 e. The van der Waals surface area contributed by atoms with Crippen molar-refractivity contribution in [3.05, 3.63) is 35.4 Å². The van der Waals surface area contributed by atoms with Gasteiger partial charge in [-0.05, 0) is 23.7 Å². The molecule has 0 unspecified atom stereocenters. The minimum Gasteiger partial charge on any atom is -0.413 e. The molecule has 0 heterocycles.